The van der Waals surface area contributed by atoms with Crippen LogP contribution in [-0.4, -0.2) is 17.0 Å². The molecule has 0 unspecified atom stereocenters. The first-order chi connectivity index (χ1) is 11.1. The third-order valence-corrected chi connectivity index (χ3v) is 3.85. The molecule has 0 aliphatic heterocycles. The highest BCUT2D eigenvalue weighted by Crippen LogP contribution is 2.25. The summed E-state index contributed by atoms with van der Waals surface area (Å²) in [7, 11) is 2.00. The molecule has 1 N–H and O–H groups in total. The van der Waals surface area contributed by atoms with Gasteiger partial charge in [0.1, 0.15) is 5.82 Å². The zero-order valence-electron chi connectivity index (χ0n) is 13.6. The van der Waals surface area contributed by atoms with E-state index in [1.54, 1.807) is 6.20 Å². The maximum absolute atomic E-state index is 4.63. The molecule has 1 aromatic heterocycles. The molecule has 0 saturated heterocycles. The Labute approximate surface area is 136 Å². The smallest absolute Gasteiger partial charge is 0.229 e. The van der Waals surface area contributed by atoms with E-state index in [-0.39, 0.29) is 0 Å². The van der Waals surface area contributed by atoms with E-state index in [2.05, 4.69) is 59.5 Å². The Morgan fingerprint density at radius 3 is 2.26 bits per heavy atom. The van der Waals surface area contributed by atoms with Crippen LogP contribution in [-0.2, 0) is 0 Å². The molecule has 0 spiro atoms. The van der Waals surface area contributed by atoms with Gasteiger partial charge in [-0.05, 0) is 43.2 Å². The molecule has 2 aromatic carbocycles. The van der Waals surface area contributed by atoms with Crippen LogP contribution in [0.25, 0.3) is 0 Å². The predicted molar refractivity (Wildman–Crippen MR) is 95.7 cm³/mol. The lowest BCUT2D eigenvalue weighted by atomic mass is 10.1. The van der Waals surface area contributed by atoms with Gasteiger partial charge in [0.05, 0.1) is 0 Å². The van der Waals surface area contributed by atoms with Gasteiger partial charge in [-0.3, -0.25) is 0 Å². The number of aromatic nitrogens is 2. The van der Waals surface area contributed by atoms with Crippen LogP contribution < -0.4 is 10.2 Å². The van der Waals surface area contributed by atoms with Gasteiger partial charge in [-0.2, -0.15) is 4.98 Å². The monoisotopic (exact) mass is 304 g/mol. The third kappa shape index (κ3) is 3.31. The number of para-hydroxylation sites is 2. The Morgan fingerprint density at radius 1 is 0.870 bits per heavy atom. The fraction of sp³-hybridized carbons (Fsp3) is 0.158. The van der Waals surface area contributed by atoms with Gasteiger partial charge in [-0.25, -0.2) is 4.98 Å². The van der Waals surface area contributed by atoms with Gasteiger partial charge in [-0.15, -0.1) is 0 Å². The van der Waals surface area contributed by atoms with E-state index in [1.807, 2.05) is 36.2 Å². The number of nitrogens with zero attached hydrogens (tertiary/aromatic N) is 3. The van der Waals surface area contributed by atoms with Crippen molar-refractivity contribution in [1.29, 1.82) is 0 Å². The van der Waals surface area contributed by atoms with Crippen molar-refractivity contribution < 1.29 is 0 Å². The maximum Gasteiger partial charge on any atom is 0.229 e. The van der Waals surface area contributed by atoms with Crippen molar-refractivity contribution >= 4 is 23.1 Å². The van der Waals surface area contributed by atoms with Crippen molar-refractivity contribution in [2.45, 2.75) is 13.8 Å². The molecule has 116 valence electrons. The molecule has 0 aliphatic carbocycles. The molecule has 3 aromatic rings. The minimum absolute atomic E-state index is 0.600. The van der Waals surface area contributed by atoms with E-state index in [4.69, 9.17) is 0 Å². The van der Waals surface area contributed by atoms with Crippen molar-refractivity contribution in [1.82, 2.24) is 9.97 Å². The Bertz CT molecular complexity index is 779. The molecule has 0 amide bonds. The number of benzene rings is 2. The Hall–Kier alpha value is -2.88. The number of hydrogen-bond donors (Lipinski definition) is 1. The first kappa shape index (κ1) is 15.0. The Kier molecular flexibility index (Phi) is 4.24. The molecular weight excluding hydrogens is 284 g/mol. The van der Waals surface area contributed by atoms with Gasteiger partial charge in [-0.1, -0.05) is 36.4 Å². The van der Waals surface area contributed by atoms with Crippen LogP contribution in [0.3, 0.4) is 0 Å². The predicted octanol–water partition coefficient (Wildman–Crippen LogP) is 4.60. The molecule has 0 radical (unpaired) electrons. The van der Waals surface area contributed by atoms with Gasteiger partial charge in [0.15, 0.2) is 0 Å². The maximum atomic E-state index is 4.63. The minimum atomic E-state index is 0.600. The van der Waals surface area contributed by atoms with Crippen molar-refractivity contribution in [3.05, 3.63) is 71.9 Å². The SMILES string of the molecule is Cc1cccc(C)c1Nc1nccc(N(C)c2ccccc2)n1. The fourth-order valence-electron chi connectivity index (χ4n) is 2.50. The van der Waals surface area contributed by atoms with E-state index < -0.39 is 0 Å². The van der Waals surface area contributed by atoms with Crippen molar-refractivity contribution in [2.24, 2.45) is 0 Å². The highest BCUT2D eigenvalue weighted by Gasteiger charge is 2.08. The van der Waals surface area contributed by atoms with E-state index in [1.165, 1.54) is 11.1 Å². The summed E-state index contributed by atoms with van der Waals surface area (Å²) < 4.78 is 0. The summed E-state index contributed by atoms with van der Waals surface area (Å²) in [6.45, 7) is 4.16. The molecule has 4 nitrogen and oxygen atoms in total. The molecule has 3 rings (SSSR count). The second-order valence-corrected chi connectivity index (χ2v) is 5.52. The average molecular weight is 304 g/mol. The lowest BCUT2D eigenvalue weighted by molar-refractivity contribution is 1.08. The summed E-state index contributed by atoms with van der Waals surface area (Å²) >= 11 is 0. The lowest BCUT2D eigenvalue weighted by Crippen LogP contribution is -2.12. The quantitative estimate of drug-likeness (QED) is 0.764. The summed E-state index contributed by atoms with van der Waals surface area (Å²) in [4.78, 5) is 11.0. The summed E-state index contributed by atoms with van der Waals surface area (Å²) in [5.74, 6) is 1.45. The molecular formula is C19H20N4. The first-order valence-electron chi connectivity index (χ1n) is 7.60. The Morgan fingerprint density at radius 2 is 1.57 bits per heavy atom. The normalized spacial score (nSPS) is 10.4. The number of hydrogen-bond acceptors (Lipinski definition) is 4. The van der Waals surface area contributed by atoms with Gasteiger partial charge < -0.3 is 10.2 Å². The summed E-state index contributed by atoms with van der Waals surface area (Å²) in [5, 5.41) is 3.34. The van der Waals surface area contributed by atoms with Crippen molar-refractivity contribution in [2.75, 3.05) is 17.3 Å². The van der Waals surface area contributed by atoms with Gasteiger partial charge in [0, 0.05) is 24.6 Å². The third-order valence-electron chi connectivity index (χ3n) is 3.85. The number of rotatable bonds is 4. The summed E-state index contributed by atoms with van der Waals surface area (Å²) in [6.07, 6.45) is 1.78. The average Bonchev–Trinajstić information content (AvgIpc) is 2.59. The fourth-order valence-corrected chi connectivity index (χ4v) is 2.50. The van der Waals surface area contributed by atoms with E-state index >= 15 is 0 Å². The van der Waals surface area contributed by atoms with Crippen LogP contribution in [0.5, 0.6) is 0 Å². The van der Waals surface area contributed by atoms with E-state index in [0.29, 0.717) is 5.95 Å². The van der Waals surface area contributed by atoms with Gasteiger partial charge in [0.25, 0.3) is 0 Å². The van der Waals surface area contributed by atoms with Gasteiger partial charge in [0.2, 0.25) is 5.95 Å². The molecule has 0 bridgehead atoms. The molecule has 0 atom stereocenters. The number of nitrogens with one attached hydrogen (secondary N) is 1. The van der Waals surface area contributed by atoms with Crippen LogP contribution in [0.1, 0.15) is 11.1 Å². The summed E-state index contributed by atoms with van der Waals surface area (Å²) in [6, 6.07) is 18.3. The largest absolute Gasteiger partial charge is 0.329 e. The molecule has 0 aliphatic rings. The molecule has 4 heteroatoms. The van der Waals surface area contributed by atoms with Crippen LogP contribution in [0.2, 0.25) is 0 Å². The van der Waals surface area contributed by atoms with Crippen LogP contribution in [0.4, 0.5) is 23.1 Å². The first-order valence-corrected chi connectivity index (χ1v) is 7.60. The Balaban J connectivity index is 1.89. The van der Waals surface area contributed by atoms with Gasteiger partial charge >= 0.3 is 0 Å². The van der Waals surface area contributed by atoms with E-state index in [9.17, 15) is 0 Å². The highest BCUT2D eigenvalue weighted by molar-refractivity contribution is 5.65. The second-order valence-electron chi connectivity index (χ2n) is 5.52. The zero-order chi connectivity index (χ0) is 16.2. The van der Waals surface area contributed by atoms with Crippen LogP contribution in [0.15, 0.2) is 60.8 Å². The lowest BCUT2D eigenvalue weighted by Gasteiger charge is -2.19. The second kappa shape index (κ2) is 6.48. The molecule has 23 heavy (non-hydrogen) atoms. The van der Waals surface area contributed by atoms with Crippen molar-refractivity contribution in [3.63, 3.8) is 0 Å². The summed E-state index contributed by atoms with van der Waals surface area (Å²) in [5.41, 5.74) is 4.50. The molecule has 0 saturated carbocycles. The number of aryl methyl sites for hydroxylation is 2. The molecule has 1 heterocycles. The van der Waals surface area contributed by atoms with Crippen molar-refractivity contribution in [3.8, 4) is 0 Å². The molecule has 0 fully saturated rings. The van der Waals surface area contributed by atoms with Crippen LogP contribution in [0, 0.1) is 13.8 Å². The standard InChI is InChI=1S/C19H20N4/c1-14-8-7-9-15(2)18(14)22-19-20-13-12-17(21-19)23(3)16-10-5-4-6-11-16/h4-13H,1-3H3,(H,20,21,22). The van der Waals surface area contributed by atoms with E-state index in [0.717, 1.165) is 17.2 Å². The zero-order valence-corrected chi connectivity index (χ0v) is 13.6. The highest BCUT2D eigenvalue weighted by atomic mass is 15.2. The topological polar surface area (TPSA) is 41.1 Å². The minimum Gasteiger partial charge on any atom is -0.329 e. The van der Waals surface area contributed by atoms with Crippen LogP contribution >= 0.6 is 0 Å². The number of anilines is 4.